The lowest BCUT2D eigenvalue weighted by molar-refractivity contribution is -0.432. The van der Waals surface area contributed by atoms with Gasteiger partial charge in [-0.1, -0.05) is 5.04 Å². The lowest BCUT2D eigenvalue weighted by Gasteiger charge is -2.14. The predicted octanol–water partition coefficient (Wildman–Crippen LogP) is 6.61. The number of hydrogen-bond donors (Lipinski definition) is 7. The molecule has 0 heterocycles. The highest BCUT2D eigenvalue weighted by Gasteiger charge is 2.27. The molecule has 0 atom stereocenters. The molecule has 0 fully saturated rings. The Labute approximate surface area is 310 Å². The standard InChI is InChI=1S/C27H20N8O16S4/c1-29-33-25-21(55(47,48)49)7-11-6-12(2-4-14(11)26(25)36)30-32-17-10-19(53(41,42)43)15-9-18(52-51-50-40)24(27(37)22(15)23(17)28)34-31-16-5-3-13(35(38)39)8-20(16)54(44,45)46/h2-10,36-37,40H,28H2,1H3,(H,41,42,43)(H,44,45,46)(H,47,48,49). The van der Waals surface area contributed by atoms with E-state index >= 15 is 0 Å². The van der Waals surface area contributed by atoms with Gasteiger partial charge in [0.05, 0.1) is 38.6 Å². The number of nitrogens with two attached hydrogens (primary N) is 1. The van der Waals surface area contributed by atoms with Gasteiger partial charge in [-0.05, 0) is 47.9 Å². The van der Waals surface area contributed by atoms with Gasteiger partial charge in [0.2, 0.25) is 0 Å². The molecule has 288 valence electrons. The van der Waals surface area contributed by atoms with Gasteiger partial charge in [0, 0.05) is 30.0 Å². The van der Waals surface area contributed by atoms with Crippen molar-refractivity contribution in [1.29, 1.82) is 0 Å². The fraction of sp³-hybridized carbons (Fsp3) is 0.0370. The highest BCUT2D eigenvalue weighted by atomic mass is 32.2. The molecule has 5 aromatic carbocycles. The van der Waals surface area contributed by atoms with Crippen LogP contribution in [0.5, 0.6) is 11.5 Å². The third-order valence-electron chi connectivity index (χ3n) is 7.23. The Morgan fingerprint density at radius 3 is 1.98 bits per heavy atom. The molecule has 0 unspecified atom stereocenters. The zero-order chi connectivity index (χ0) is 40.6. The van der Waals surface area contributed by atoms with Crippen LogP contribution in [0.25, 0.3) is 21.5 Å². The summed E-state index contributed by atoms with van der Waals surface area (Å²) < 4.78 is 107. The molecule has 28 heteroatoms. The van der Waals surface area contributed by atoms with Crippen molar-refractivity contribution in [3.05, 3.63) is 64.7 Å². The van der Waals surface area contributed by atoms with Gasteiger partial charge in [0.1, 0.15) is 37.4 Å². The molecule has 24 nitrogen and oxygen atoms in total. The van der Waals surface area contributed by atoms with Crippen molar-refractivity contribution in [2.75, 3.05) is 12.8 Å². The van der Waals surface area contributed by atoms with Crippen LogP contribution in [0, 0.1) is 10.1 Å². The number of phenolic OH excluding ortho intramolecular Hbond substituents is 2. The molecule has 0 saturated heterocycles. The van der Waals surface area contributed by atoms with Crippen LogP contribution >= 0.6 is 12.0 Å². The minimum atomic E-state index is -5.20. The average Bonchev–Trinajstić information content (AvgIpc) is 3.09. The Balaban J connectivity index is 1.73. The van der Waals surface area contributed by atoms with E-state index in [2.05, 4.69) is 40.1 Å². The third-order valence-corrected chi connectivity index (χ3v) is 10.5. The number of non-ortho nitro benzene ring substituents is 1. The largest absolute Gasteiger partial charge is 0.505 e. The van der Waals surface area contributed by atoms with Crippen molar-refractivity contribution in [2.24, 2.45) is 30.7 Å². The first-order chi connectivity index (χ1) is 25.7. The Morgan fingerprint density at radius 2 is 1.38 bits per heavy atom. The number of hydrogen-bond acceptors (Lipinski definition) is 21. The van der Waals surface area contributed by atoms with Gasteiger partial charge in [0.25, 0.3) is 36.0 Å². The summed E-state index contributed by atoms with van der Waals surface area (Å²) in [6.07, 6.45) is 0. The van der Waals surface area contributed by atoms with Crippen LogP contribution in [-0.2, 0) is 39.7 Å². The number of fused-ring (bicyclic) bond motifs is 2. The SMILES string of the molecule is CN=Nc1c(S(=O)(=O)O)cc2cc(N=Nc3cc(S(=O)(=O)O)c4cc(SOOO)c(N=Nc5ccc([N+](=O)[O-])cc5S(=O)(=O)O)c(O)c4c3N)ccc2c1O. The number of nitrogen functional groups attached to an aromatic ring is 1. The molecule has 55 heavy (non-hydrogen) atoms. The Kier molecular flexibility index (Phi) is 11.1. The molecule has 0 aliphatic rings. The van der Waals surface area contributed by atoms with E-state index in [-0.39, 0.29) is 28.5 Å². The first-order valence-electron chi connectivity index (χ1n) is 14.1. The van der Waals surface area contributed by atoms with E-state index in [1.54, 1.807) is 0 Å². The van der Waals surface area contributed by atoms with Crippen LogP contribution in [0.15, 0.2) is 105 Å². The second-order valence-electron chi connectivity index (χ2n) is 10.5. The van der Waals surface area contributed by atoms with Gasteiger partial charge in [-0.2, -0.15) is 40.6 Å². The van der Waals surface area contributed by atoms with Gasteiger partial charge < -0.3 is 15.9 Å². The van der Waals surface area contributed by atoms with Gasteiger partial charge in [-0.3, -0.25) is 23.8 Å². The number of aromatic hydroxyl groups is 2. The van der Waals surface area contributed by atoms with E-state index in [9.17, 15) is 59.2 Å². The fourth-order valence-corrected chi connectivity index (χ4v) is 7.42. The number of benzene rings is 5. The average molecular weight is 841 g/mol. The molecular formula is C27H20N8O16S4. The lowest BCUT2D eigenvalue weighted by atomic mass is 10.0. The number of nitrogens with zero attached hydrogens (tertiary/aromatic N) is 7. The first kappa shape index (κ1) is 40.4. The third kappa shape index (κ3) is 8.31. The van der Waals surface area contributed by atoms with Crippen LogP contribution in [0.2, 0.25) is 0 Å². The fourth-order valence-electron chi connectivity index (χ4n) is 4.93. The quantitative estimate of drug-likeness (QED) is 0.0132. The van der Waals surface area contributed by atoms with Crippen LogP contribution < -0.4 is 5.73 Å². The van der Waals surface area contributed by atoms with E-state index in [1.165, 1.54) is 25.2 Å². The minimum absolute atomic E-state index is 0.00123. The number of phenols is 2. The van der Waals surface area contributed by atoms with Crippen molar-refractivity contribution in [3.63, 3.8) is 0 Å². The van der Waals surface area contributed by atoms with Crippen LogP contribution in [0.4, 0.5) is 39.8 Å². The van der Waals surface area contributed by atoms with E-state index in [4.69, 9.17) is 11.0 Å². The second-order valence-corrected chi connectivity index (χ2v) is 15.5. The Hall–Kier alpha value is -5.82. The van der Waals surface area contributed by atoms with Crippen molar-refractivity contribution in [1.82, 2.24) is 0 Å². The Morgan fingerprint density at radius 1 is 0.727 bits per heavy atom. The molecular weight excluding hydrogens is 821 g/mol. The van der Waals surface area contributed by atoms with Crippen molar-refractivity contribution < 1.29 is 68.7 Å². The summed E-state index contributed by atoms with van der Waals surface area (Å²) in [6, 6.07) is 8.43. The molecule has 0 radical (unpaired) electrons. The number of nitro groups is 1. The molecule has 5 aromatic rings. The van der Waals surface area contributed by atoms with Gasteiger partial charge >= 0.3 is 0 Å². The minimum Gasteiger partial charge on any atom is -0.505 e. The van der Waals surface area contributed by atoms with Crippen molar-refractivity contribution >= 4 is 104 Å². The van der Waals surface area contributed by atoms with E-state index < -0.39 is 111 Å². The normalized spacial score (nSPS) is 12.9. The molecule has 0 saturated carbocycles. The molecule has 0 bridgehead atoms. The number of anilines is 1. The Bertz CT molecular complexity index is 2870. The van der Waals surface area contributed by atoms with E-state index in [1.807, 2.05) is 0 Å². The van der Waals surface area contributed by atoms with Crippen LogP contribution in [0.3, 0.4) is 0 Å². The molecule has 0 spiro atoms. The summed E-state index contributed by atoms with van der Waals surface area (Å²) in [5, 5.41) is 66.7. The summed E-state index contributed by atoms with van der Waals surface area (Å²) in [4.78, 5) is 6.98. The number of rotatable bonds is 12. The van der Waals surface area contributed by atoms with Gasteiger partial charge in [-0.25, -0.2) is 5.26 Å². The highest BCUT2D eigenvalue weighted by Crippen LogP contribution is 2.50. The van der Waals surface area contributed by atoms with Crippen LogP contribution in [0.1, 0.15) is 0 Å². The van der Waals surface area contributed by atoms with Crippen molar-refractivity contribution in [3.8, 4) is 11.5 Å². The maximum Gasteiger partial charge on any atom is 0.297 e. The van der Waals surface area contributed by atoms with E-state index in [0.717, 1.165) is 30.3 Å². The zero-order valence-electron chi connectivity index (χ0n) is 26.8. The maximum atomic E-state index is 12.6. The summed E-state index contributed by atoms with van der Waals surface area (Å²) in [6.45, 7) is 0. The summed E-state index contributed by atoms with van der Waals surface area (Å²) in [5.74, 6) is -1.69. The monoisotopic (exact) mass is 840 g/mol. The van der Waals surface area contributed by atoms with Crippen molar-refractivity contribution in [2.45, 2.75) is 19.6 Å². The first-order valence-corrected chi connectivity index (χ1v) is 19.1. The van der Waals surface area contributed by atoms with E-state index in [0.29, 0.717) is 6.07 Å². The van der Waals surface area contributed by atoms with Gasteiger partial charge in [-0.15, -0.1) is 19.7 Å². The zero-order valence-corrected chi connectivity index (χ0v) is 30.1. The van der Waals surface area contributed by atoms with Crippen LogP contribution in [-0.4, -0.2) is 66.4 Å². The summed E-state index contributed by atoms with van der Waals surface area (Å²) in [5.41, 5.74) is 2.50. The molecule has 5 rings (SSSR count). The molecule has 0 aliphatic heterocycles. The highest BCUT2D eigenvalue weighted by molar-refractivity contribution is 7.94. The van der Waals surface area contributed by atoms with Gasteiger partial charge in [0.15, 0.2) is 11.5 Å². The molecule has 0 aromatic heterocycles. The molecule has 0 aliphatic carbocycles. The topological polar surface area (TPSA) is 386 Å². The number of azo groups is 3. The summed E-state index contributed by atoms with van der Waals surface area (Å²) in [7, 11) is -14.1. The lowest BCUT2D eigenvalue weighted by Crippen LogP contribution is -2.02. The molecule has 8 N–H and O–H groups in total. The summed E-state index contributed by atoms with van der Waals surface area (Å²) >= 11 is 0.0876. The maximum absolute atomic E-state index is 12.6. The molecule has 0 amide bonds. The predicted molar refractivity (Wildman–Crippen MR) is 188 cm³/mol. The smallest absolute Gasteiger partial charge is 0.297 e. The number of nitro benzene ring substituents is 1. The second kappa shape index (κ2) is 15.1.